The van der Waals surface area contributed by atoms with Crippen molar-refractivity contribution in [1.29, 1.82) is 0 Å². The molecule has 41 heavy (non-hydrogen) atoms. The van der Waals surface area contributed by atoms with E-state index < -0.39 is 11.7 Å². The van der Waals surface area contributed by atoms with Crippen LogP contribution in [0.25, 0.3) is 0 Å². The van der Waals surface area contributed by atoms with E-state index in [0.717, 1.165) is 13.1 Å². The number of nitrogens with zero attached hydrogens (tertiary/aromatic N) is 5. The molecule has 1 aliphatic heterocycles. The maximum atomic E-state index is 12.2. The first-order valence-electron chi connectivity index (χ1n) is 12.9. The van der Waals surface area contributed by atoms with Crippen LogP contribution in [0.1, 0.15) is 20.8 Å². The summed E-state index contributed by atoms with van der Waals surface area (Å²) in [5, 5.41) is 20.9. The second-order valence-corrected chi connectivity index (χ2v) is 10.8. The van der Waals surface area contributed by atoms with Crippen molar-refractivity contribution < 1.29 is 19.2 Å². The van der Waals surface area contributed by atoms with Gasteiger partial charge in [-0.2, -0.15) is 4.98 Å². The van der Waals surface area contributed by atoms with E-state index in [1.165, 1.54) is 19.4 Å². The van der Waals surface area contributed by atoms with Crippen molar-refractivity contribution in [3.63, 3.8) is 0 Å². The molecular weight excluding hydrogens is 552 g/mol. The Bertz CT molecular complexity index is 1420. The van der Waals surface area contributed by atoms with Crippen molar-refractivity contribution in [2.45, 2.75) is 26.4 Å². The number of amides is 1. The number of halogens is 1. The molecule has 3 aromatic rings. The Hall–Kier alpha value is -4.36. The number of nitro groups is 1. The summed E-state index contributed by atoms with van der Waals surface area (Å²) in [6.45, 7) is 8.39. The van der Waals surface area contributed by atoms with Crippen LogP contribution in [0.3, 0.4) is 0 Å². The minimum absolute atomic E-state index is 0.00842. The molecule has 2 heterocycles. The number of methoxy groups -OCH3 is 1. The fraction of sp³-hybridized carbons (Fsp3) is 0.370. The van der Waals surface area contributed by atoms with Crippen molar-refractivity contribution in [3.05, 3.63) is 57.7 Å². The molecule has 2 aromatic carbocycles. The number of hydrogen-bond acceptors (Lipinski definition) is 11. The van der Waals surface area contributed by atoms with E-state index >= 15 is 0 Å². The Morgan fingerprint density at radius 2 is 1.78 bits per heavy atom. The van der Waals surface area contributed by atoms with E-state index in [-0.39, 0.29) is 27.4 Å². The number of nitro benzene ring substituents is 1. The van der Waals surface area contributed by atoms with Crippen LogP contribution in [-0.4, -0.2) is 71.8 Å². The van der Waals surface area contributed by atoms with E-state index in [4.69, 9.17) is 21.1 Å². The minimum atomic E-state index is -0.652. The molecule has 0 saturated carbocycles. The van der Waals surface area contributed by atoms with Gasteiger partial charge in [0, 0.05) is 43.6 Å². The third-order valence-electron chi connectivity index (χ3n) is 6.11. The second kappa shape index (κ2) is 12.4. The maximum Gasteiger partial charge on any atom is 0.412 e. The number of piperazine rings is 1. The fourth-order valence-electron chi connectivity index (χ4n) is 4.14. The lowest BCUT2D eigenvalue weighted by Gasteiger charge is -2.33. The van der Waals surface area contributed by atoms with Gasteiger partial charge in [-0.05, 0) is 58.2 Å². The van der Waals surface area contributed by atoms with Crippen LogP contribution in [0.5, 0.6) is 5.75 Å². The molecule has 0 aliphatic carbocycles. The predicted octanol–water partition coefficient (Wildman–Crippen LogP) is 5.63. The number of anilines is 6. The molecule has 1 aliphatic rings. The number of aromatic nitrogens is 2. The van der Waals surface area contributed by atoms with Crippen LogP contribution in [0.15, 0.2) is 42.6 Å². The Morgan fingerprint density at radius 1 is 1.07 bits per heavy atom. The molecule has 13 nitrogen and oxygen atoms in total. The van der Waals surface area contributed by atoms with Gasteiger partial charge in [0.05, 0.1) is 23.9 Å². The molecule has 1 fully saturated rings. The molecular formula is C27H33ClN8O5. The normalized spacial score (nSPS) is 13.9. The van der Waals surface area contributed by atoms with Crippen molar-refractivity contribution in [3.8, 4) is 5.75 Å². The zero-order chi connectivity index (χ0) is 29.7. The van der Waals surface area contributed by atoms with Crippen LogP contribution in [0, 0.1) is 10.1 Å². The summed E-state index contributed by atoms with van der Waals surface area (Å²) in [6.07, 6.45) is 0.800. The number of ether oxygens (including phenoxy) is 2. The molecule has 4 rings (SSSR count). The second-order valence-electron chi connectivity index (χ2n) is 10.4. The van der Waals surface area contributed by atoms with Crippen LogP contribution in [0.2, 0.25) is 5.02 Å². The molecule has 1 saturated heterocycles. The quantitative estimate of drug-likeness (QED) is 0.223. The SMILES string of the molecule is COc1ccc(NC(=O)OC(C)(C)C)cc1Nc1nc(Nc2ccc(N3CCN(C)CC3)c([N+](=O)[O-])c2)ncc1Cl. The molecule has 0 unspecified atom stereocenters. The van der Waals surface area contributed by atoms with Crippen LogP contribution in [0.4, 0.5) is 45.0 Å². The lowest BCUT2D eigenvalue weighted by Crippen LogP contribution is -2.44. The smallest absolute Gasteiger partial charge is 0.412 e. The first kappa shape index (κ1) is 29.6. The first-order chi connectivity index (χ1) is 19.4. The summed E-state index contributed by atoms with van der Waals surface area (Å²) >= 11 is 6.38. The van der Waals surface area contributed by atoms with Gasteiger partial charge < -0.3 is 29.9 Å². The maximum absolute atomic E-state index is 12.2. The van der Waals surface area contributed by atoms with Gasteiger partial charge in [-0.15, -0.1) is 0 Å². The Kier molecular flexibility index (Phi) is 8.98. The van der Waals surface area contributed by atoms with Crippen molar-refractivity contribution in [2.75, 3.05) is 61.2 Å². The highest BCUT2D eigenvalue weighted by atomic mass is 35.5. The fourth-order valence-corrected chi connectivity index (χ4v) is 4.28. The van der Waals surface area contributed by atoms with E-state index in [9.17, 15) is 14.9 Å². The number of nitrogens with one attached hydrogen (secondary N) is 3. The average Bonchev–Trinajstić information content (AvgIpc) is 2.90. The molecule has 1 aromatic heterocycles. The van der Waals surface area contributed by atoms with Crippen molar-refractivity contribution in [1.82, 2.24) is 14.9 Å². The number of hydrogen-bond donors (Lipinski definition) is 3. The van der Waals surface area contributed by atoms with E-state index in [1.807, 2.05) is 11.9 Å². The Morgan fingerprint density at radius 3 is 2.44 bits per heavy atom. The van der Waals surface area contributed by atoms with Gasteiger partial charge in [-0.1, -0.05) is 11.6 Å². The van der Waals surface area contributed by atoms with Gasteiger partial charge in [0.25, 0.3) is 5.69 Å². The average molecular weight is 585 g/mol. The monoisotopic (exact) mass is 584 g/mol. The molecule has 1 amide bonds. The highest BCUT2D eigenvalue weighted by molar-refractivity contribution is 6.33. The Labute approximate surface area is 243 Å². The van der Waals surface area contributed by atoms with Gasteiger partial charge in [-0.25, -0.2) is 9.78 Å². The third-order valence-corrected chi connectivity index (χ3v) is 6.39. The van der Waals surface area contributed by atoms with Gasteiger partial charge in [0.1, 0.15) is 22.1 Å². The van der Waals surface area contributed by atoms with Crippen molar-refractivity contribution in [2.24, 2.45) is 0 Å². The summed E-state index contributed by atoms with van der Waals surface area (Å²) in [6, 6.07) is 9.93. The summed E-state index contributed by atoms with van der Waals surface area (Å²) in [5.41, 5.74) is 1.29. The number of likely N-dealkylation sites (N-methyl/N-ethyl adjacent to an activating group) is 1. The summed E-state index contributed by atoms with van der Waals surface area (Å²) in [4.78, 5) is 36.6. The lowest BCUT2D eigenvalue weighted by molar-refractivity contribution is -0.384. The lowest BCUT2D eigenvalue weighted by atomic mass is 10.2. The highest BCUT2D eigenvalue weighted by Crippen LogP contribution is 2.35. The first-order valence-corrected chi connectivity index (χ1v) is 13.3. The highest BCUT2D eigenvalue weighted by Gasteiger charge is 2.23. The topological polar surface area (TPSA) is 147 Å². The molecule has 0 atom stereocenters. The molecule has 0 spiro atoms. The van der Waals surface area contributed by atoms with Gasteiger partial charge in [0.15, 0.2) is 5.82 Å². The summed E-state index contributed by atoms with van der Waals surface area (Å²) < 4.78 is 10.8. The molecule has 0 bridgehead atoms. The van der Waals surface area contributed by atoms with E-state index in [1.54, 1.807) is 51.1 Å². The molecule has 0 radical (unpaired) electrons. The number of benzene rings is 2. The summed E-state index contributed by atoms with van der Waals surface area (Å²) in [7, 11) is 3.54. The Balaban J connectivity index is 1.54. The van der Waals surface area contributed by atoms with Crippen LogP contribution >= 0.6 is 11.6 Å². The number of carbonyl (C=O) groups excluding carboxylic acids is 1. The number of carbonyl (C=O) groups is 1. The van der Waals surface area contributed by atoms with Gasteiger partial charge >= 0.3 is 6.09 Å². The standard InChI is InChI=1S/C27H33ClN8O5/c1-27(2,3)41-26(37)31-17-7-9-23(40-5)20(14-17)32-24-19(28)16-29-25(33-24)30-18-6-8-21(22(15-18)36(38)39)35-12-10-34(4)11-13-35/h6-9,14-16H,10-13H2,1-5H3,(H,31,37)(H2,29,30,32,33). The van der Waals surface area contributed by atoms with Crippen LogP contribution < -0.4 is 25.6 Å². The van der Waals surface area contributed by atoms with Crippen molar-refractivity contribution >= 4 is 57.9 Å². The zero-order valence-corrected chi connectivity index (χ0v) is 24.3. The largest absolute Gasteiger partial charge is 0.495 e. The zero-order valence-electron chi connectivity index (χ0n) is 23.5. The molecule has 218 valence electrons. The number of rotatable bonds is 8. The minimum Gasteiger partial charge on any atom is -0.495 e. The predicted molar refractivity (Wildman–Crippen MR) is 159 cm³/mol. The van der Waals surface area contributed by atoms with Gasteiger partial charge in [0.2, 0.25) is 5.95 Å². The van der Waals surface area contributed by atoms with E-state index in [0.29, 0.717) is 41.6 Å². The van der Waals surface area contributed by atoms with Gasteiger partial charge in [-0.3, -0.25) is 15.4 Å². The summed E-state index contributed by atoms with van der Waals surface area (Å²) in [5.74, 6) is 0.889. The molecule has 14 heteroatoms. The third kappa shape index (κ3) is 7.86. The molecule has 3 N–H and O–H groups in total. The van der Waals surface area contributed by atoms with Crippen LogP contribution in [-0.2, 0) is 4.74 Å². The van der Waals surface area contributed by atoms with E-state index in [2.05, 4.69) is 30.8 Å².